The number of aromatic hydroxyl groups is 2. The van der Waals surface area contributed by atoms with Crippen LogP contribution in [0.25, 0.3) is 28.3 Å². The lowest BCUT2D eigenvalue weighted by atomic mass is 10.1. The van der Waals surface area contributed by atoms with E-state index in [4.69, 9.17) is 9.72 Å². The summed E-state index contributed by atoms with van der Waals surface area (Å²) in [7, 11) is 1.41. The van der Waals surface area contributed by atoms with Crippen LogP contribution in [0.4, 0.5) is 0 Å². The van der Waals surface area contributed by atoms with Gasteiger partial charge in [-0.05, 0) is 43.3 Å². The van der Waals surface area contributed by atoms with Crippen molar-refractivity contribution in [1.82, 2.24) is 9.55 Å². The zero-order valence-corrected chi connectivity index (χ0v) is 16.9. The molecule has 0 aliphatic heterocycles. The first-order valence-electron chi connectivity index (χ1n) is 9.50. The van der Waals surface area contributed by atoms with Crippen molar-refractivity contribution < 1.29 is 24.9 Å². The van der Waals surface area contributed by atoms with Crippen molar-refractivity contribution in [3.63, 3.8) is 0 Å². The second kappa shape index (κ2) is 7.87. The Kier molecular flexibility index (Phi) is 5.09. The standard InChI is InChI=1S/C24H20N2O5/c1-14-22(16-7-3-5-9-19(16)27)25-23(17-8-4-6-10-20(17)28)26(14)15-11-12-18(24(29)30)21(13-15)31-2/h3-13,27-28H,1-2H3,(H,29,30). The highest BCUT2D eigenvalue weighted by atomic mass is 16.5. The fourth-order valence-electron chi connectivity index (χ4n) is 3.59. The maximum absolute atomic E-state index is 11.5. The van der Waals surface area contributed by atoms with Crippen molar-refractivity contribution in [2.45, 2.75) is 6.92 Å². The monoisotopic (exact) mass is 416 g/mol. The van der Waals surface area contributed by atoms with Crippen LogP contribution in [-0.4, -0.2) is 37.9 Å². The van der Waals surface area contributed by atoms with Crippen LogP contribution in [0.1, 0.15) is 16.1 Å². The molecule has 0 atom stereocenters. The average molecular weight is 416 g/mol. The summed E-state index contributed by atoms with van der Waals surface area (Å²) in [4.78, 5) is 16.2. The second-order valence-corrected chi connectivity index (χ2v) is 6.93. The van der Waals surface area contributed by atoms with Crippen molar-refractivity contribution in [3.05, 3.63) is 78.0 Å². The van der Waals surface area contributed by atoms with E-state index in [0.29, 0.717) is 34.0 Å². The largest absolute Gasteiger partial charge is 0.507 e. The molecule has 4 rings (SSSR count). The van der Waals surface area contributed by atoms with Gasteiger partial charge in [-0.1, -0.05) is 24.3 Å². The minimum atomic E-state index is -1.10. The van der Waals surface area contributed by atoms with Crippen LogP contribution in [0.15, 0.2) is 66.7 Å². The minimum Gasteiger partial charge on any atom is -0.507 e. The molecule has 0 fully saturated rings. The van der Waals surface area contributed by atoms with E-state index >= 15 is 0 Å². The summed E-state index contributed by atoms with van der Waals surface area (Å²) < 4.78 is 7.08. The third-order valence-electron chi connectivity index (χ3n) is 5.09. The summed E-state index contributed by atoms with van der Waals surface area (Å²) in [6, 6.07) is 18.4. The van der Waals surface area contributed by atoms with Gasteiger partial charge in [0.1, 0.15) is 28.6 Å². The van der Waals surface area contributed by atoms with Crippen LogP contribution in [0.3, 0.4) is 0 Å². The Hall–Kier alpha value is -4.26. The Balaban J connectivity index is 2.03. The molecule has 4 aromatic rings. The van der Waals surface area contributed by atoms with Crippen LogP contribution in [-0.2, 0) is 0 Å². The zero-order valence-electron chi connectivity index (χ0n) is 16.9. The van der Waals surface area contributed by atoms with Crippen LogP contribution < -0.4 is 4.74 Å². The molecule has 0 radical (unpaired) electrons. The molecule has 0 aliphatic carbocycles. The number of ether oxygens (including phenoxy) is 1. The quantitative estimate of drug-likeness (QED) is 0.438. The van der Waals surface area contributed by atoms with E-state index in [0.717, 1.165) is 0 Å². The van der Waals surface area contributed by atoms with Gasteiger partial charge in [-0.3, -0.25) is 4.57 Å². The first kappa shape index (κ1) is 20.0. The van der Waals surface area contributed by atoms with Gasteiger partial charge in [0.2, 0.25) is 0 Å². The Labute approximate surface area is 178 Å². The van der Waals surface area contributed by atoms with E-state index in [-0.39, 0.29) is 22.8 Å². The molecule has 1 heterocycles. The molecule has 3 aromatic carbocycles. The van der Waals surface area contributed by atoms with Crippen LogP contribution >= 0.6 is 0 Å². The maximum atomic E-state index is 11.5. The third kappa shape index (κ3) is 3.46. The zero-order chi connectivity index (χ0) is 22.1. The number of aromatic carboxylic acids is 1. The number of phenolic OH excluding ortho intramolecular Hbond substituents is 2. The summed E-state index contributed by atoms with van der Waals surface area (Å²) in [5.74, 6) is -0.324. The SMILES string of the molecule is COc1cc(-n2c(-c3ccccc3O)nc(-c3ccccc3O)c2C)ccc1C(=O)O. The van der Waals surface area contributed by atoms with Crippen LogP contribution in [0.5, 0.6) is 17.2 Å². The van der Waals surface area contributed by atoms with Gasteiger partial charge >= 0.3 is 5.97 Å². The summed E-state index contributed by atoms with van der Waals surface area (Å²) in [6.07, 6.45) is 0. The first-order valence-corrected chi connectivity index (χ1v) is 9.50. The second-order valence-electron chi connectivity index (χ2n) is 6.93. The summed E-state index contributed by atoms with van der Waals surface area (Å²) in [5, 5.41) is 30.3. The normalized spacial score (nSPS) is 10.8. The van der Waals surface area contributed by atoms with Gasteiger partial charge in [0, 0.05) is 17.3 Å². The number of aromatic nitrogens is 2. The summed E-state index contributed by atoms with van der Waals surface area (Å²) in [6.45, 7) is 1.84. The summed E-state index contributed by atoms with van der Waals surface area (Å²) in [5.41, 5.74) is 2.92. The fraction of sp³-hybridized carbons (Fsp3) is 0.0833. The van der Waals surface area contributed by atoms with E-state index in [2.05, 4.69) is 0 Å². The molecule has 3 N–H and O–H groups in total. The molecule has 0 aliphatic rings. The molecule has 7 nitrogen and oxygen atoms in total. The molecular formula is C24H20N2O5. The number of phenols is 2. The lowest BCUT2D eigenvalue weighted by molar-refractivity contribution is 0.0693. The van der Waals surface area contributed by atoms with Gasteiger partial charge in [-0.25, -0.2) is 9.78 Å². The highest BCUT2D eigenvalue weighted by Crippen LogP contribution is 2.38. The number of methoxy groups -OCH3 is 1. The number of para-hydroxylation sites is 2. The number of carboxylic acids is 1. The van der Waals surface area contributed by atoms with E-state index in [1.54, 1.807) is 65.2 Å². The van der Waals surface area contributed by atoms with E-state index in [1.807, 2.05) is 6.92 Å². The number of carbonyl (C=O) groups is 1. The molecule has 0 spiro atoms. The maximum Gasteiger partial charge on any atom is 0.339 e. The molecule has 1 aromatic heterocycles. The van der Waals surface area contributed by atoms with Crippen molar-refractivity contribution in [1.29, 1.82) is 0 Å². The average Bonchev–Trinajstić information content (AvgIpc) is 3.10. The van der Waals surface area contributed by atoms with Gasteiger partial charge in [-0.15, -0.1) is 0 Å². The number of hydrogen-bond acceptors (Lipinski definition) is 5. The lowest BCUT2D eigenvalue weighted by Gasteiger charge is -2.14. The van der Waals surface area contributed by atoms with Gasteiger partial charge < -0.3 is 20.1 Å². The Morgan fingerprint density at radius 3 is 2.13 bits per heavy atom. The van der Waals surface area contributed by atoms with Gasteiger partial charge in [0.25, 0.3) is 0 Å². The topological polar surface area (TPSA) is 105 Å². The van der Waals surface area contributed by atoms with Crippen molar-refractivity contribution in [2.24, 2.45) is 0 Å². The molecule has 31 heavy (non-hydrogen) atoms. The number of nitrogens with zero attached hydrogens (tertiary/aromatic N) is 2. The third-order valence-corrected chi connectivity index (χ3v) is 5.09. The van der Waals surface area contributed by atoms with E-state index < -0.39 is 5.97 Å². The lowest BCUT2D eigenvalue weighted by Crippen LogP contribution is -2.04. The van der Waals surface area contributed by atoms with Crippen molar-refractivity contribution in [2.75, 3.05) is 7.11 Å². The van der Waals surface area contributed by atoms with Gasteiger partial charge in [0.05, 0.1) is 24.1 Å². The molecule has 0 unspecified atom stereocenters. The highest BCUT2D eigenvalue weighted by Gasteiger charge is 2.22. The predicted molar refractivity (Wildman–Crippen MR) is 116 cm³/mol. The summed E-state index contributed by atoms with van der Waals surface area (Å²) >= 11 is 0. The first-order chi connectivity index (χ1) is 14.9. The van der Waals surface area contributed by atoms with Crippen LogP contribution in [0.2, 0.25) is 0 Å². The number of rotatable bonds is 5. The molecular weight excluding hydrogens is 396 g/mol. The van der Waals surface area contributed by atoms with E-state index in [1.165, 1.54) is 13.2 Å². The predicted octanol–water partition coefficient (Wildman–Crippen LogP) is 4.63. The molecule has 0 bridgehead atoms. The highest BCUT2D eigenvalue weighted by molar-refractivity contribution is 5.91. The van der Waals surface area contributed by atoms with Crippen molar-refractivity contribution >= 4 is 5.97 Å². The number of carboxylic acid groups (broad SMARTS) is 1. The Morgan fingerprint density at radius 1 is 0.935 bits per heavy atom. The van der Waals surface area contributed by atoms with Gasteiger partial charge in [-0.2, -0.15) is 0 Å². The number of benzene rings is 3. The van der Waals surface area contributed by atoms with E-state index in [9.17, 15) is 20.1 Å². The molecule has 156 valence electrons. The Morgan fingerprint density at radius 2 is 1.55 bits per heavy atom. The molecule has 0 amide bonds. The van der Waals surface area contributed by atoms with Crippen molar-refractivity contribution in [3.8, 4) is 45.6 Å². The minimum absolute atomic E-state index is 0.0362. The number of hydrogen-bond donors (Lipinski definition) is 3. The fourth-order valence-corrected chi connectivity index (χ4v) is 3.59. The van der Waals surface area contributed by atoms with Crippen LogP contribution in [0, 0.1) is 6.92 Å². The van der Waals surface area contributed by atoms with Gasteiger partial charge in [0.15, 0.2) is 0 Å². The Bertz CT molecular complexity index is 1290. The number of imidazole rings is 1. The molecule has 7 heteroatoms. The smallest absolute Gasteiger partial charge is 0.339 e. The molecule has 0 saturated carbocycles. The molecule has 0 saturated heterocycles.